The van der Waals surface area contributed by atoms with E-state index in [4.69, 9.17) is 4.74 Å². The van der Waals surface area contributed by atoms with Crippen LogP contribution in [0.5, 0.6) is 5.88 Å². The Labute approximate surface area is 304 Å². The second kappa shape index (κ2) is 15.0. The van der Waals surface area contributed by atoms with Crippen molar-refractivity contribution in [2.45, 2.75) is 89.8 Å². The molecule has 52 heavy (non-hydrogen) atoms. The summed E-state index contributed by atoms with van der Waals surface area (Å²) in [6.07, 6.45) is 8.72. The van der Waals surface area contributed by atoms with Crippen LogP contribution in [0.2, 0.25) is 0 Å². The van der Waals surface area contributed by atoms with E-state index in [1.165, 1.54) is 10.7 Å². The Morgan fingerprint density at radius 3 is 2.56 bits per heavy atom. The summed E-state index contributed by atoms with van der Waals surface area (Å²) in [5, 5.41) is 11.8. The molecular formula is C38H45N9O4S. The van der Waals surface area contributed by atoms with Gasteiger partial charge in [0.2, 0.25) is 27.8 Å². The number of carbonyl (C=O) groups is 1. The van der Waals surface area contributed by atoms with Crippen LogP contribution in [0.3, 0.4) is 0 Å². The number of piperidine rings is 1. The highest BCUT2D eigenvalue weighted by Gasteiger charge is 2.35. The molecule has 13 nitrogen and oxygen atoms in total. The number of benzene rings is 2. The van der Waals surface area contributed by atoms with Crippen LogP contribution < -0.4 is 15.0 Å². The summed E-state index contributed by atoms with van der Waals surface area (Å²) < 4.78 is 37.4. The van der Waals surface area contributed by atoms with Crippen LogP contribution in [0.4, 0.5) is 11.6 Å². The molecule has 1 saturated heterocycles. The fourth-order valence-corrected chi connectivity index (χ4v) is 8.71. The number of ether oxygens (including phenoxy) is 1. The largest absolute Gasteiger partial charge is 0.472 e. The third kappa shape index (κ3) is 7.09. The smallest absolute Gasteiger partial charge is 0.248 e. The van der Waals surface area contributed by atoms with E-state index in [0.717, 1.165) is 64.8 Å². The van der Waals surface area contributed by atoms with E-state index in [9.17, 15) is 13.2 Å². The van der Waals surface area contributed by atoms with Crippen LogP contribution in [-0.4, -0.2) is 74.3 Å². The average molecular weight is 724 g/mol. The van der Waals surface area contributed by atoms with Gasteiger partial charge in [-0.3, -0.25) is 4.79 Å². The first-order valence-electron chi connectivity index (χ1n) is 18.1. The molecule has 0 radical (unpaired) electrons. The topological polar surface area (TPSA) is 148 Å². The van der Waals surface area contributed by atoms with E-state index in [1.54, 1.807) is 30.7 Å². The molecule has 0 bridgehead atoms. The lowest BCUT2D eigenvalue weighted by Crippen LogP contribution is -2.36. The number of aryl methyl sites for hydroxylation is 3. The van der Waals surface area contributed by atoms with Crippen molar-refractivity contribution in [1.29, 1.82) is 0 Å². The lowest BCUT2D eigenvalue weighted by Gasteiger charge is -2.26. The zero-order valence-electron chi connectivity index (χ0n) is 30.1. The number of nitrogens with one attached hydrogen (secondary N) is 1. The number of nitrogens with zero attached hydrogens (tertiary/aromatic N) is 8. The highest BCUT2D eigenvalue weighted by molar-refractivity contribution is 7.89. The summed E-state index contributed by atoms with van der Waals surface area (Å²) in [6.45, 7) is 10.9. The zero-order chi connectivity index (χ0) is 36.4. The van der Waals surface area contributed by atoms with Gasteiger partial charge in [-0.15, -0.1) is 5.10 Å². The maximum atomic E-state index is 14.0. The van der Waals surface area contributed by atoms with Gasteiger partial charge in [0.25, 0.3) is 0 Å². The van der Waals surface area contributed by atoms with E-state index in [-0.39, 0.29) is 48.2 Å². The summed E-state index contributed by atoms with van der Waals surface area (Å²) in [5.41, 5.74) is 6.79. The summed E-state index contributed by atoms with van der Waals surface area (Å²) in [5.74, 6) is 0.238. The average Bonchev–Trinajstić information content (AvgIpc) is 3.55. The van der Waals surface area contributed by atoms with Crippen LogP contribution in [0.1, 0.15) is 79.7 Å². The Morgan fingerprint density at radius 2 is 1.81 bits per heavy atom. The fraction of sp³-hybridized carbons (Fsp3) is 0.421. The normalized spacial score (nSPS) is 18.0. The number of anilines is 2. The van der Waals surface area contributed by atoms with Crippen molar-refractivity contribution < 1.29 is 17.9 Å². The van der Waals surface area contributed by atoms with Crippen LogP contribution in [-0.2, 0) is 27.9 Å². The molecule has 7 rings (SSSR count). The first-order chi connectivity index (χ1) is 25.2. The molecule has 1 amide bonds. The van der Waals surface area contributed by atoms with Gasteiger partial charge in [-0.05, 0) is 92.5 Å². The lowest BCUT2D eigenvalue weighted by molar-refractivity contribution is -0.116. The molecule has 1 fully saturated rings. The zero-order valence-corrected chi connectivity index (χ0v) is 30.9. The Bertz CT molecular complexity index is 2180. The van der Waals surface area contributed by atoms with Crippen molar-refractivity contribution in [2.75, 3.05) is 29.9 Å². The Hall–Kier alpha value is -4.95. The van der Waals surface area contributed by atoms with Crippen molar-refractivity contribution in [3.8, 4) is 5.88 Å². The number of sulfonamides is 1. The van der Waals surface area contributed by atoms with Crippen molar-refractivity contribution in [1.82, 2.24) is 34.3 Å². The lowest BCUT2D eigenvalue weighted by atomic mass is 9.84. The van der Waals surface area contributed by atoms with E-state index in [0.29, 0.717) is 24.6 Å². The summed E-state index contributed by atoms with van der Waals surface area (Å²) in [7, 11) is -3.91. The highest BCUT2D eigenvalue weighted by atomic mass is 32.2. The monoisotopic (exact) mass is 723 g/mol. The fourth-order valence-electron chi connectivity index (χ4n) is 7.19. The maximum absolute atomic E-state index is 14.0. The van der Waals surface area contributed by atoms with Crippen molar-refractivity contribution in [3.05, 3.63) is 88.9 Å². The van der Waals surface area contributed by atoms with Crippen molar-refractivity contribution >= 4 is 38.6 Å². The standard InChI is InChI=1S/C38H45N9O4S/c1-5-30-24-46(52(49,50)34-11-10-16-39-37(34)51-30)23-28-19-27(13-12-25(28)3)32(31-14-15-33-36(26(31)4)43-44-47(33)6-2)20-35(48)42-29-21-40-38(41-22-29)45-17-8-7-9-18-45/h10-16,19,21-22,30,32H,5-9,17-18,20,23-24H2,1-4H3,(H,42,48)/t30-,32+/m1/s1. The van der Waals surface area contributed by atoms with E-state index in [1.807, 2.05) is 62.7 Å². The highest BCUT2D eigenvalue weighted by Crippen LogP contribution is 2.36. The molecule has 2 aliphatic rings. The summed E-state index contributed by atoms with van der Waals surface area (Å²) in [6, 6.07) is 13.3. The predicted molar refractivity (Wildman–Crippen MR) is 199 cm³/mol. The van der Waals surface area contributed by atoms with Gasteiger partial charge >= 0.3 is 0 Å². The van der Waals surface area contributed by atoms with Crippen LogP contribution >= 0.6 is 0 Å². The van der Waals surface area contributed by atoms with Crippen molar-refractivity contribution in [2.24, 2.45) is 0 Å². The molecule has 2 aliphatic heterocycles. The number of carbonyl (C=O) groups excluding carboxylic acids is 1. The molecule has 5 heterocycles. The van der Waals surface area contributed by atoms with E-state index in [2.05, 4.69) is 35.5 Å². The van der Waals surface area contributed by atoms with Crippen LogP contribution in [0, 0.1) is 13.8 Å². The molecule has 14 heteroatoms. The third-order valence-corrected chi connectivity index (χ3v) is 12.0. The molecule has 3 aromatic heterocycles. The number of amides is 1. The number of pyridine rings is 1. The van der Waals surface area contributed by atoms with Gasteiger partial charge in [0.15, 0.2) is 0 Å². The SMILES string of the molecule is CC[C@@H]1CN(Cc2cc([C@H](CC(=O)Nc3cnc(N4CCCCC4)nc3)c3ccc4c(nnn4CC)c3C)ccc2C)S(=O)(=O)c2cccnc2O1. The minimum atomic E-state index is -3.91. The molecule has 0 unspecified atom stereocenters. The van der Waals surface area contributed by atoms with Gasteiger partial charge in [0.05, 0.1) is 30.1 Å². The molecule has 2 aromatic carbocycles. The Kier molecular flexibility index (Phi) is 10.2. The van der Waals surface area contributed by atoms with Crippen LogP contribution in [0.25, 0.3) is 11.0 Å². The van der Waals surface area contributed by atoms with Gasteiger partial charge in [0.1, 0.15) is 16.5 Å². The summed E-state index contributed by atoms with van der Waals surface area (Å²) in [4.78, 5) is 29.4. The number of fused-ring (bicyclic) bond motifs is 2. The number of aromatic nitrogens is 6. The summed E-state index contributed by atoms with van der Waals surface area (Å²) >= 11 is 0. The molecule has 2 atom stereocenters. The molecular weight excluding hydrogens is 679 g/mol. The van der Waals surface area contributed by atoms with Crippen molar-refractivity contribution in [3.63, 3.8) is 0 Å². The first kappa shape index (κ1) is 35.5. The molecule has 5 aromatic rings. The van der Waals surface area contributed by atoms with Gasteiger partial charge < -0.3 is 15.0 Å². The number of hydrogen-bond acceptors (Lipinski definition) is 10. The van der Waals surface area contributed by atoms with Gasteiger partial charge in [-0.2, -0.15) is 4.31 Å². The Morgan fingerprint density at radius 1 is 1.02 bits per heavy atom. The van der Waals surface area contributed by atoms with Crippen LogP contribution in [0.15, 0.2) is 66.0 Å². The van der Waals surface area contributed by atoms with Gasteiger partial charge in [-0.25, -0.2) is 28.1 Å². The number of hydrogen-bond donors (Lipinski definition) is 1. The van der Waals surface area contributed by atoms with Gasteiger partial charge in [0, 0.05) is 44.7 Å². The molecule has 272 valence electrons. The van der Waals surface area contributed by atoms with E-state index < -0.39 is 10.0 Å². The molecule has 1 N–H and O–H groups in total. The number of rotatable bonds is 10. The molecule has 0 aliphatic carbocycles. The first-order valence-corrected chi connectivity index (χ1v) is 19.5. The molecule has 0 spiro atoms. The maximum Gasteiger partial charge on any atom is 0.248 e. The second-order valence-electron chi connectivity index (χ2n) is 13.6. The minimum absolute atomic E-state index is 0.0614. The Balaban J connectivity index is 1.21. The third-order valence-electron chi connectivity index (χ3n) is 10.2. The predicted octanol–water partition coefficient (Wildman–Crippen LogP) is 5.77. The van der Waals surface area contributed by atoms with Gasteiger partial charge in [-0.1, -0.05) is 36.4 Å². The molecule has 0 saturated carbocycles. The minimum Gasteiger partial charge on any atom is -0.472 e. The van der Waals surface area contributed by atoms with E-state index >= 15 is 0 Å². The second-order valence-corrected chi connectivity index (χ2v) is 15.5. The quantitative estimate of drug-likeness (QED) is 0.188.